The predicted octanol–water partition coefficient (Wildman–Crippen LogP) is 4.54. The van der Waals surface area contributed by atoms with Crippen molar-refractivity contribution < 1.29 is 4.79 Å². The van der Waals surface area contributed by atoms with E-state index in [4.69, 9.17) is 0 Å². The topological polar surface area (TPSA) is 44.4 Å². The molecular weight excluding hydrogens is 370 g/mol. The van der Waals surface area contributed by atoms with Gasteiger partial charge in [-0.15, -0.1) is 0 Å². The van der Waals surface area contributed by atoms with E-state index in [2.05, 4.69) is 64.1 Å². The molecule has 5 rings (SSSR count). The normalized spacial score (nSPS) is 20.5. The van der Waals surface area contributed by atoms with E-state index >= 15 is 0 Å². The van der Waals surface area contributed by atoms with Crippen molar-refractivity contribution in [1.82, 2.24) is 5.32 Å². The first kappa shape index (κ1) is 19.6. The standard InChI is InChI=1S/C26H33N3O/c30-26(19-5-1-2-6-19)28-22-9-11-25(12-10-22)29-15-13-23(14-16-29)27-24-17-20-7-3-4-8-21(20)18-24/h3-4,7-12,19,23-24,27H,1-2,5-6,13-18H2,(H,28,30). The van der Waals surface area contributed by atoms with Gasteiger partial charge in [-0.1, -0.05) is 37.1 Å². The molecule has 2 fully saturated rings. The third kappa shape index (κ3) is 4.39. The fraction of sp³-hybridized carbons (Fsp3) is 0.500. The molecule has 0 aromatic heterocycles. The van der Waals surface area contributed by atoms with Gasteiger partial charge in [-0.05, 0) is 73.9 Å². The third-order valence-electron chi connectivity index (χ3n) is 7.24. The molecule has 3 aliphatic rings. The van der Waals surface area contributed by atoms with Crippen LogP contribution < -0.4 is 15.5 Å². The number of carbonyl (C=O) groups excluding carboxylic acids is 1. The molecule has 2 aromatic carbocycles. The molecule has 1 heterocycles. The molecule has 2 N–H and O–H groups in total. The lowest BCUT2D eigenvalue weighted by Crippen LogP contribution is -2.46. The second kappa shape index (κ2) is 8.81. The molecular formula is C26H33N3O. The lowest BCUT2D eigenvalue weighted by Gasteiger charge is -2.35. The molecule has 0 spiro atoms. The van der Waals surface area contributed by atoms with Crippen molar-refractivity contribution in [2.24, 2.45) is 5.92 Å². The van der Waals surface area contributed by atoms with Gasteiger partial charge in [0.15, 0.2) is 0 Å². The summed E-state index contributed by atoms with van der Waals surface area (Å²) in [5.41, 5.74) is 5.23. The Labute approximate surface area is 180 Å². The molecule has 0 atom stereocenters. The molecule has 1 aliphatic heterocycles. The van der Waals surface area contributed by atoms with Crippen LogP contribution in [0.25, 0.3) is 0 Å². The Hall–Kier alpha value is -2.33. The van der Waals surface area contributed by atoms with E-state index in [1.54, 1.807) is 0 Å². The Morgan fingerprint density at radius 3 is 2.07 bits per heavy atom. The van der Waals surface area contributed by atoms with E-state index < -0.39 is 0 Å². The number of anilines is 2. The molecule has 1 saturated heterocycles. The van der Waals surface area contributed by atoms with E-state index in [-0.39, 0.29) is 11.8 Å². The summed E-state index contributed by atoms with van der Waals surface area (Å²) in [5.74, 6) is 0.407. The molecule has 30 heavy (non-hydrogen) atoms. The molecule has 0 bridgehead atoms. The summed E-state index contributed by atoms with van der Waals surface area (Å²) in [5, 5.41) is 7.02. The summed E-state index contributed by atoms with van der Waals surface area (Å²) in [4.78, 5) is 14.8. The second-order valence-corrected chi connectivity index (χ2v) is 9.32. The third-order valence-corrected chi connectivity index (χ3v) is 7.24. The van der Waals surface area contributed by atoms with E-state index in [9.17, 15) is 4.79 Å². The number of hydrogen-bond acceptors (Lipinski definition) is 3. The molecule has 4 nitrogen and oxygen atoms in total. The Kier molecular flexibility index (Phi) is 5.76. The highest BCUT2D eigenvalue weighted by Gasteiger charge is 2.26. The summed E-state index contributed by atoms with van der Waals surface area (Å²) in [6, 6.07) is 18.5. The van der Waals surface area contributed by atoms with E-state index in [1.807, 2.05) is 0 Å². The molecule has 2 aromatic rings. The van der Waals surface area contributed by atoms with Gasteiger partial charge in [-0.25, -0.2) is 0 Å². The fourth-order valence-electron chi connectivity index (χ4n) is 5.50. The van der Waals surface area contributed by atoms with Crippen LogP contribution in [0, 0.1) is 5.92 Å². The SMILES string of the molecule is O=C(Nc1ccc(N2CCC(NC3Cc4ccccc4C3)CC2)cc1)C1CCCC1. The van der Waals surface area contributed by atoms with Crippen molar-refractivity contribution in [3.8, 4) is 0 Å². The summed E-state index contributed by atoms with van der Waals surface area (Å²) in [7, 11) is 0. The van der Waals surface area contributed by atoms with Gasteiger partial charge in [-0.2, -0.15) is 0 Å². The zero-order chi connectivity index (χ0) is 20.3. The maximum absolute atomic E-state index is 12.3. The number of fused-ring (bicyclic) bond motifs is 1. The van der Waals surface area contributed by atoms with Crippen LogP contribution in [0.4, 0.5) is 11.4 Å². The van der Waals surface area contributed by atoms with Gasteiger partial charge in [0, 0.05) is 42.5 Å². The number of hydrogen-bond donors (Lipinski definition) is 2. The van der Waals surface area contributed by atoms with Crippen LogP contribution in [0.3, 0.4) is 0 Å². The first-order chi connectivity index (χ1) is 14.7. The van der Waals surface area contributed by atoms with Crippen LogP contribution >= 0.6 is 0 Å². The zero-order valence-corrected chi connectivity index (χ0v) is 17.8. The van der Waals surface area contributed by atoms with E-state index in [1.165, 1.54) is 55.3 Å². The Morgan fingerprint density at radius 1 is 0.800 bits per heavy atom. The summed E-state index contributed by atoms with van der Waals surface area (Å²) in [6.45, 7) is 2.18. The number of piperidine rings is 1. The molecule has 158 valence electrons. The van der Waals surface area contributed by atoms with Gasteiger partial charge in [0.25, 0.3) is 0 Å². The summed E-state index contributed by atoms with van der Waals surface area (Å²) in [6.07, 6.45) is 9.18. The number of amides is 1. The molecule has 2 aliphatic carbocycles. The van der Waals surface area contributed by atoms with Crippen molar-refractivity contribution in [3.63, 3.8) is 0 Å². The van der Waals surface area contributed by atoms with Gasteiger partial charge in [0.05, 0.1) is 0 Å². The Bertz CT molecular complexity index is 839. The maximum atomic E-state index is 12.3. The maximum Gasteiger partial charge on any atom is 0.227 e. The smallest absolute Gasteiger partial charge is 0.227 e. The molecule has 1 amide bonds. The van der Waals surface area contributed by atoms with Crippen molar-refractivity contribution in [1.29, 1.82) is 0 Å². The van der Waals surface area contributed by atoms with E-state index in [0.29, 0.717) is 12.1 Å². The number of benzene rings is 2. The van der Waals surface area contributed by atoms with E-state index in [0.717, 1.165) is 31.6 Å². The number of nitrogens with zero attached hydrogens (tertiary/aromatic N) is 1. The predicted molar refractivity (Wildman–Crippen MR) is 123 cm³/mol. The lowest BCUT2D eigenvalue weighted by molar-refractivity contribution is -0.119. The highest BCUT2D eigenvalue weighted by Crippen LogP contribution is 2.28. The average Bonchev–Trinajstić information content (AvgIpc) is 3.45. The van der Waals surface area contributed by atoms with Crippen LogP contribution in [-0.4, -0.2) is 31.1 Å². The van der Waals surface area contributed by atoms with Crippen LogP contribution in [0.5, 0.6) is 0 Å². The van der Waals surface area contributed by atoms with Crippen LogP contribution in [-0.2, 0) is 17.6 Å². The monoisotopic (exact) mass is 403 g/mol. The fourth-order valence-corrected chi connectivity index (χ4v) is 5.50. The van der Waals surface area contributed by atoms with Gasteiger partial charge < -0.3 is 15.5 Å². The quantitative estimate of drug-likeness (QED) is 0.770. The average molecular weight is 404 g/mol. The number of rotatable bonds is 5. The van der Waals surface area contributed by atoms with Crippen molar-refractivity contribution in [3.05, 3.63) is 59.7 Å². The summed E-state index contributed by atoms with van der Waals surface area (Å²) < 4.78 is 0. The minimum absolute atomic E-state index is 0.196. The largest absolute Gasteiger partial charge is 0.371 e. The highest BCUT2D eigenvalue weighted by atomic mass is 16.1. The van der Waals surface area contributed by atoms with Crippen molar-refractivity contribution in [2.75, 3.05) is 23.3 Å². The first-order valence-corrected chi connectivity index (χ1v) is 11.7. The highest BCUT2D eigenvalue weighted by molar-refractivity contribution is 5.92. The Morgan fingerprint density at radius 2 is 1.43 bits per heavy atom. The second-order valence-electron chi connectivity index (χ2n) is 9.32. The Balaban J connectivity index is 1.09. The molecule has 0 unspecified atom stereocenters. The minimum Gasteiger partial charge on any atom is -0.371 e. The zero-order valence-electron chi connectivity index (χ0n) is 17.8. The van der Waals surface area contributed by atoms with Crippen molar-refractivity contribution in [2.45, 2.75) is 63.5 Å². The summed E-state index contributed by atoms with van der Waals surface area (Å²) >= 11 is 0. The number of nitrogens with one attached hydrogen (secondary N) is 2. The first-order valence-electron chi connectivity index (χ1n) is 11.7. The lowest BCUT2D eigenvalue weighted by atomic mass is 10.0. The molecule has 1 saturated carbocycles. The van der Waals surface area contributed by atoms with Crippen LogP contribution in [0.1, 0.15) is 49.7 Å². The van der Waals surface area contributed by atoms with Gasteiger partial charge >= 0.3 is 0 Å². The molecule has 0 radical (unpaired) electrons. The van der Waals surface area contributed by atoms with Crippen molar-refractivity contribution >= 4 is 17.3 Å². The molecule has 4 heteroatoms. The van der Waals surface area contributed by atoms with Gasteiger partial charge in [0.2, 0.25) is 5.91 Å². The minimum atomic E-state index is 0.196. The van der Waals surface area contributed by atoms with Crippen LogP contribution in [0.15, 0.2) is 48.5 Å². The van der Waals surface area contributed by atoms with Gasteiger partial charge in [-0.3, -0.25) is 4.79 Å². The van der Waals surface area contributed by atoms with Crippen LogP contribution in [0.2, 0.25) is 0 Å². The van der Waals surface area contributed by atoms with Gasteiger partial charge in [0.1, 0.15) is 0 Å². The number of carbonyl (C=O) groups is 1.